The number of piperidine rings is 3. The maximum absolute atomic E-state index is 12.5. The standard InChI is InChI=1S/C16H18N4OS/c21-15(19-13-10-20-7-4-11(13)5-8-20)14-9-18-16(22-14)12-3-1-2-6-17-12/h1-3,6,9,11,13H,4-5,7-8,10H2,(H,19,21). The molecule has 1 N–H and O–H groups in total. The van der Waals surface area contributed by atoms with Gasteiger partial charge in [0.2, 0.25) is 0 Å². The molecule has 5 rings (SSSR count). The van der Waals surface area contributed by atoms with Gasteiger partial charge >= 0.3 is 0 Å². The number of hydrogen-bond acceptors (Lipinski definition) is 5. The zero-order valence-corrected chi connectivity index (χ0v) is 13.1. The number of hydrogen-bond donors (Lipinski definition) is 1. The van der Waals surface area contributed by atoms with Gasteiger partial charge in [0.05, 0.1) is 11.9 Å². The van der Waals surface area contributed by atoms with Crippen LogP contribution in [0.3, 0.4) is 0 Å². The maximum atomic E-state index is 12.5. The van der Waals surface area contributed by atoms with Crippen LogP contribution in [-0.4, -0.2) is 46.5 Å². The van der Waals surface area contributed by atoms with E-state index in [0.717, 1.165) is 17.2 Å². The number of amides is 1. The molecule has 5 nitrogen and oxygen atoms in total. The Morgan fingerprint density at radius 2 is 2.14 bits per heavy atom. The van der Waals surface area contributed by atoms with E-state index in [1.54, 1.807) is 12.4 Å². The van der Waals surface area contributed by atoms with E-state index in [1.165, 1.54) is 37.3 Å². The molecular formula is C16H18N4OS. The predicted molar refractivity (Wildman–Crippen MR) is 85.8 cm³/mol. The van der Waals surface area contributed by atoms with Gasteiger partial charge in [-0.25, -0.2) is 4.98 Å². The van der Waals surface area contributed by atoms with Gasteiger partial charge in [-0.2, -0.15) is 0 Å². The molecule has 1 amide bonds. The smallest absolute Gasteiger partial charge is 0.263 e. The van der Waals surface area contributed by atoms with Crippen LogP contribution in [0.15, 0.2) is 30.6 Å². The van der Waals surface area contributed by atoms with Crippen molar-refractivity contribution in [1.29, 1.82) is 0 Å². The van der Waals surface area contributed by atoms with Crippen LogP contribution in [0.4, 0.5) is 0 Å². The number of fused-ring (bicyclic) bond motifs is 3. The Morgan fingerprint density at radius 3 is 2.82 bits per heavy atom. The number of aromatic nitrogens is 2. The molecule has 0 spiro atoms. The quantitative estimate of drug-likeness (QED) is 0.942. The van der Waals surface area contributed by atoms with Crippen molar-refractivity contribution < 1.29 is 4.79 Å². The Hall–Kier alpha value is -1.79. The van der Waals surface area contributed by atoms with Gasteiger partial charge in [-0.1, -0.05) is 6.07 Å². The van der Waals surface area contributed by atoms with Crippen LogP contribution in [-0.2, 0) is 0 Å². The molecule has 1 unspecified atom stereocenters. The molecule has 0 aliphatic carbocycles. The lowest BCUT2D eigenvalue weighted by Crippen LogP contribution is -2.57. The van der Waals surface area contributed by atoms with Crippen LogP contribution in [0.1, 0.15) is 22.5 Å². The lowest BCUT2D eigenvalue weighted by molar-refractivity contribution is 0.0622. The van der Waals surface area contributed by atoms with Crippen LogP contribution < -0.4 is 5.32 Å². The molecular weight excluding hydrogens is 296 g/mol. The molecule has 3 saturated heterocycles. The Kier molecular flexibility index (Phi) is 3.63. The number of nitrogens with one attached hydrogen (secondary N) is 1. The van der Waals surface area contributed by atoms with Crippen LogP contribution in [0, 0.1) is 5.92 Å². The summed E-state index contributed by atoms with van der Waals surface area (Å²) in [4.78, 5) is 24.2. The van der Waals surface area contributed by atoms with Crippen molar-refractivity contribution in [1.82, 2.24) is 20.2 Å². The predicted octanol–water partition coefficient (Wildman–Crippen LogP) is 2.03. The van der Waals surface area contributed by atoms with Gasteiger partial charge in [-0.15, -0.1) is 11.3 Å². The van der Waals surface area contributed by atoms with Gasteiger partial charge in [0.25, 0.3) is 5.91 Å². The molecule has 3 fully saturated rings. The SMILES string of the molecule is O=C(NC1CN2CCC1CC2)c1cnc(-c2ccccn2)s1. The maximum Gasteiger partial charge on any atom is 0.263 e. The molecule has 3 aliphatic heterocycles. The number of carbonyl (C=O) groups excluding carboxylic acids is 1. The van der Waals surface area contributed by atoms with Gasteiger partial charge in [0.1, 0.15) is 9.88 Å². The minimum absolute atomic E-state index is 0.00145. The van der Waals surface area contributed by atoms with E-state index >= 15 is 0 Å². The molecule has 0 saturated carbocycles. The zero-order chi connectivity index (χ0) is 14.9. The number of rotatable bonds is 3. The van der Waals surface area contributed by atoms with E-state index in [2.05, 4.69) is 20.2 Å². The monoisotopic (exact) mass is 314 g/mol. The molecule has 6 heteroatoms. The first-order valence-electron chi connectivity index (χ1n) is 7.70. The topological polar surface area (TPSA) is 58.1 Å². The number of nitrogens with zero attached hydrogens (tertiary/aromatic N) is 3. The molecule has 22 heavy (non-hydrogen) atoms. The third-order valence-corrected chi connectivity index (χ3v) is 5.60. The molecule has 2 aromatic heterocycles. The van der Waals surface area contributed by atoms with Crippen molar-refractivity contribution in [3.63, 3.8) is 0 Å². The largest absolute Gasteiger partial charge is 0.347 e. The van der Waals surface area contributed by atoms with Gasteiger partial charge in [-0.05, 0) is 44.0 Å². The Balaban J connectivity index is 1.46. The molecule has 3 aliphatic rings. The fourth-order valence-electron chi connectivity index (χ4n) is 3.35. The van der Waals surface area contributed by atoms with E-state index in [-0.39, 0.29) is 11.9 Å². The summed E-state index contributed by atoms with van der Waals surface area (Å²) < 4.78 is 0. The number of thiazole rings is 1. The van der Waals surface area contributed by atoms with Gasteiger partial charge in [0.15, 0.2) is 0 Å². The third-order valence-electron chi connectivity index (χ3n) is 4.59. The normalized spacial score (nSPS) is 26.8. The van der Waals surface area contributed by atoms with E-state index < -0.39 is 0 Å². The molecule has 0 radical (unpaired) electrons. The first-order valence-corrected chi connectivity index (χ1v) is 8.52. The average Bonchev–Trinajstić information content (AvgIpc) is 3.07. The van der Waals surface area contributed by atoms with Crippen molar-refractivity contribution in [2.45, 2.75) is 18.9 Å². The van der Waals surface area contributed by atoms with Gasteiger partial charge in [-0.3, -0.25) is 9.78 Å². The van der Waals surface area contributed by atoms with Crippen molar-refractivity contribution in [3.8, 4) is 10.7 Å². The van der Waals surface area contributed by atoms with Crippen LogP contribution in [0.25, 0.3) is 10.7 Å². The lowest BCUT2D eigenvalue weighted by Gasteiger charge is -2.44. The van der Waals surface area contributed by atoms with Crippen LogP contribution >= 0.6 is 11.3 Å². The summed E-state index contributed by atoms with van der Waals surface area (Å²) in [6, 6.07) is 6.00. The molecule has 2 aromatic rings. The summed E-state index contributed by atoms with van der Waals surface area (Å²) >= 11 is 1.40. The molecule has 2 bridgehead atoms. The average molecular weight is 314 g/mol. The van der Waals surface area contributed by atoms with E-state index in [0.29, 0.717) is 10.8 Å². The minimum atomic E-state index is -0.00145. The lowest BCUT2D eigenvalue weighted by atomic mass is 9.84. The number of pyridine rings is 1. The fourth-order valence-corrected chi connectivity index (χ4v) is 4.15. The Labute approximate surface area is 133 Å². The summed E-state index contributed by atoms with van der Waals surface area (Å²) in [5.41, 5.74) is 0.814. The van der Waals surface area contributed by atoms with Crippen molar-refractivity contribution in [2.24, 2.45) is 5.92 Å². The first kappa shape index (κ1) is 13.8. The molecule has 0 aromatic carbocycles. The summed E-state index contributed by atoms with van der Waals surface area (Å²) in [6.45, 7) is 3.35. The fraction of sp³-hybridized carbons (Fsp3) is 0.438. The second kappa shape index (κ2) is 5.78. The van der Waals surface area contributed by atoms with E-state index in [4.69, 9.17) is 0 Å². The molecule has 5 heterocycles. The third kappa shape index (κ3) is 2.64. The highest BCUT2D eigenvalue weighted by Gasteiger charge is 2.35. The highest BCUT2D eigenvalue weighted by Crippen LogP contribution is 2.28. The summed E-state index contributed by atoms with van der Waals surface area (Å²) in [6.07, 6.45) is 5.80. The van der Waals surface area contributed by atoms with E-state index in [9.17, 15) is 4.79 Å². The van der Waals surface area contributed by atoms with Crippen LogP contribution in [0.5, 0.6) is 0 Å². The van der Waals surface area contributed by atoms with Crippen molar-refractivity contribution >= 4 is 17.2 Å². The number of carbonyl (C=O) groups is 1. The van der Waals surface area contributed by atoms with Crippen molar-refractivity contribution in [2.75, 3.05) is 19.6 Å². The summed E-state index contributed by atoms with van der Waals surface area (Å²) in [5, 5.41) is 3.99. The zero-order valence-electron chi connectivity index (χ0n) is 12.2. The van der Waals surface area contributed by atoms with Gasteiger partial charge in [0, 0.05) is 18.8 Å². The van der Waals surface area contributed by atoms with Crippen LogP contribution in [0.2, 0.25) is 0 Å². The van der Waals surface area contributed by atoms with Gasteiger partial charge < -0.3 is 10.2 Å². The highest BCUT2D eigenvalue weighted by atomic mass is 32.1. The summed E-state index contributed by atoms with van der Waals surface area (Å²) in [7, 11) is 0. The second-order valence-electron chi connectivity index (χ2n) is 5.96. The minimum Gasteiger partial charge on any atom is -0.347 e. The Bertz CT molecular complexity index is 664. The Morgan fingerprint density at radius 1 is 1.27 bits per heavy atom. The highest BCUT2D eigenvalue weighted by molar-refractivity contribution is 7.16. The second-order valence-corrected chi connectivity index (χ2v) is 6.99. The molecule has 114 valence electrons. The molecule has 1 atom stereocenters. The van der Waals surface area contributed by atoms with Crippen molar-refractivity contribution in [3.05, 3.63) is 35.5 Å². The van der Waals surface area contributed by atoms with E-state index in [1.807, 2.05) is 18.2 Å². The summed E-state index contributed by atoms with van der Waals surface area (Å²) in [5.74, 6) is 0.635. The first-order chi connectivity index (χ1) is 10.8.